The second kappa shape index (κ2) is 9.12. The summed E-state index contributed by atoms with van der Waals surface area (Å²) in [5.41, 5.74) is 2.24. The Balaban J connectivity index is 1.54. The van der Waals surface area contributed by atoms with Gasteiger partial charge in [-0.05, 0) is 24.6 Å². The minimum Gasteiger partial charge on any atom is -0.492 e. The Morgan fingerprint density at radius 1 is 1.18 bits per heavy atom. The van der Waals surface area contributed by atoms with E-state index in [1.807, 2.05) is 30.3 Å². The average molecular weight is 383 g/mol. The average Bonchev–Trinajstić information content (AvgIpc) is 3.19. The molecule has 1 aliphatic rings. The number of hydrogen-bond donors (Lipinski definition) is 1. The number of carbonyl (C=O) groups excluding carboxylic acids is 2. The highest BCUT2D eigenvalue weighted by Crippen LogP contribution is 2.25. The number of nitrogens with zero attached hydrogens (tertiary/aromatic N) is 2. The van der Waals surface area contributed by atoms with Gasteiger partial charge in [-0.2, -0.15) is 5.10 Å². The molecule has 0 saturated heterocycles. The van der Waals surface area contributed by atoms with Crippen molar-refractivity contribution in [1.29, 1.82) is 0 Å². The SMILES string of the molecule is CCOc1cc(F)ccc1NC(=O)CCC(=O)N1CCC(c2ccccc2)=N1. The zero-order chi connectivity index (χ0) is 19.9. The van der Waals surface area contributed by atoms with Gasteiger partial charge < -0.3 is 10.1 Å². The van der Waals surface area contributed by atoms with Gasteiger partial charge in [0.25, 0.3) is 0 Å². The van der Waals surface area contributed by atoms with Crippen molar-refractivity contribution in [1.82, 2.24) is 5.01 Å². The van der Waals surface area contributed by atoms with Gasteiger partial charge in [0.15, 0.2) is 0 Å². The number of ether oxygens (including phenoxy) is 1. The van der Waals surface area contributed by atoms with Crippen LogP contribution in [0.1, 0.15) is 31.7 Å². The van der Waals surface area contributed by atoms with E-state index in [2.05, 4.69) is 10.4 Å². The molecule has 0 atom stereocenters. The van der Waals surface area contributed by atoms with Crippen LogP contribution >= 0.6 is 0 Å². The van der Waals surface area contributed by atoms with Crippen LogP contribution in [-0.4, -0.2) is 35.7 Å². The van der Waals surface area contributed by atoms with E-state index < -0.39 is 5.82 Å². The molecule has 0 radical (unpaired) electrons. The molecule has 0 saturated carbocycles. The van der Waals surface area contributed by atoms with Gasteiger partial charge in [0.1, 0.15) is 11.6 Å². The molecule has 6 nitrogen and oxygen atoms in total. The zero-order valence-electron chi connectivity index (χ0n) is 15.7. The summed E-state index contributed by atoms with van der Waals surface area (Å²) in [6, 6.07) is 13.6. The fraction of sp³-hybridized carbons (Fsp3) is 0.286. The molecule has 0 bridgehead atoms. The Bertz CT molecular complexity index is 884. The first-order valence-electron chi connectivity index (χ1n) is 9.22. The number of anilines is 1. The molecule has 2 aromatic carbocycles. The van der Waals surface area contributed by atoms with Crippen molar-refractivity contribution in [3.63, 3.8) is 0 Å². The van der Waals surface area contributed by atoms with E-state index >= 15 is 0 Å². The fourth-order valence-corrected chi connectivity index (χ4v) is 2.91. The molecule has 0 spiro atoms. The van der Waals surface area contributed by atoms with Gasteiger partial charge >= 0.3 is 0 Å². The lowest BCUT2D eigenvalue weighted by molar-refractivity contribution is -0.132. The number of halogens is 1. The van der Waals surface area contributed by atoms with Crippen LogP contribution in [-0.2, 0) is 9.59 Å². The highest BCUT2D eigenvalue weighted by atomic mass is 19.1. The van der Waals surface area contributed by atoms with Crippen molar-refractivity contribution in [2.45, 2.75) is 26.2 Å². The molecular weight excluding hydrogens is 361 g/mol. The summed E-state index contributed by atoms with van der Waals surface area (Å²) >= 11 is 0. The number of rotatable bonds is 7. The Labute approximate surface area is 163 Å². The standard InChI is InChI=1S/C21H22FN3O3/c1-2-28-19-14-16(22)8-9-18(19)23-20(26)10-11-21(27)25-13-12-17(24-25)15-6-4-3-5-7-15/h3-9,14H,2,10-13H2,1H3,(H,23,26). The second-order valence-corrected chi connectivity index (χ2v) is 6.30. The molecule has 1 N–H and O–H groups in total. The first-order chi connectivity index (χ1) is 13.6. The van der Waals surface area contributed by atoms with Crippen molar-refractivity contribution in [2.24, 2.45) is 5.10 Å². The van der Waals surface area contributed by atoms with Gasteiger partial charge in [-0.1, -0.05) is 30.3 Å². The molecule has 0 aromatic heterocycles. The van der Waals surface area contributed by atoms with E-state index in [0.717, 1.165) is 11.3 Å². The Kier molecular flexibility index (Phi) is 6.37. The number of nitrogens with one attached hydrogen (secondary N) is 1. The Morgan fingerprint density at radius 2 is 1.96 bits per heavy atom. The van der Waals surface area contributed by atoms with Crippen LogP contribution in [0.25, 0.3) is 0 Å². The second-order valence-electron chi connectivity index (χ2n) is 6.30. The van der Waals surface area contributed by atoms with Crippen LogP contribution in [0.15, 0.2) is 53.6 Å². The van der Waals surface area contributed by atoms with Gasteiger partial charge in [0, 0.05) is 25.3 Å². The number of amides is 2. The van der Waals surface area contributed by atoms with E-state index in [9.17, 15) is 14.0 Å². The third-order valence-corrected chi connectivity index (χ3v) is 4.28. The smallest absolute Gasteiger partial charge is 0.243 e. The molecule has 0 aliphatic carbocycles. The summed E-state index contributed by atoms with van der Waals surface area (Å²) in [4.78, 5) is 24.5. The molecule has 0 fully saturated rings. The van der Waals surface area contributed by atoms with E-state index in [-0.39, 0.29) is 30.4 Å². The van der Waals surface area contributed by atoms with Gasteiger partial charge in [-0.3, -0.25) is 9.59 Å². The first kappa shape index (κ1) is 19.5. The third kappa shape index (κ3) is 4.94. The number of hydrogen-bond acceptors (Lipinski definition) is 4. The third-order valence-electron chi connectivity index (χ3n) is 4.28. The van der Waals surface area contributed by atoms with E-state index in [1.165, 1.54) is 23.2 Å². The van der Waals surface area contributed by atoms with Crippen molar-refractivity contribution in [3.8, 4) is 5.75 Å². The molecule has 2 amide bonds. The van der Waals surface area contributed by atoms with E-state index in [4.69, 9.17) is 4.74 Å². The van der Waals surface area contributed by atoms with Crippen LogP contribution in [0.2, 0.25) is 0 Å². The summed E-state index contributed by atoms with van der Waals surface area (Å²) in [5, 5.41) is 8.46. The Morgan fingerprint density at radius 3 is 2.71 bits per heavy atom. The fourth-order valence-electron chi connectivity index (χ4n) is 2.91. The molecule has 146 valence electrons. The predicted octanol–water partition coefficient (Wildman–Crippen LogP) is 3.58. The summed E-state index contributed by atoms with van der Waals surface area (Å²) in [6.07, 6.45) is 0.742. The lowest BCUT2D eigenvalue weighted by atomic mass is 10.1. The minimum absolute atomic E-state index is 0.00840. The van der Waals surface area contributed by atoms with Gasteiger partial charge in [0.05, 0.1) is 24.6 Å². The van der Waals surface area contributed by atoms with E-state index in [1.54, 1.807) is 6.92 Å². The van der Waals surface area contributed by atoms with Crippen molar-refractivity contribution in [3.05, 3.63) is 59.9 Å². The zero-order valence-corrected chi connectivity index (χ0v) is 15.7. The maximum absolute atomic E-state index is 13.3. The summed E-state index contributed by atoms with van der Waals surface area (Å²) < 4.78 is 18.7. The van der Waals surface area contributed by atoms with E-state index in [0.29, 0.717) is 25.3 Å². The van der Waals surface area contributed by atoms with Crippen LogP contribution in [0, 0.1) is 5.82 Å². The maximum atomic E-state index is 13.3. The largest absolute Gasteiger partial charge is 0.492 e. The molecule has 2 aromatic rings. The molecule has 28 heavy (non-hydrogen) atoms. The summed E-state index contributed by atoms with van der Waals surface area (Å²) in [6.45, 7) is 2.63. The minimum atomic E-state index is -0.447. The lowest BCUT2D eigenvalue weighted by Gasteiger charge is -2.13. The van der Waals surface area contributed by atoms with Crippen LogP contribution in [0.5, 0.6) is 5.75 Å². The first-order valence-corrected chi connectivity index (χ1v) is 9.22. The molecule has 1 aliphatic heterocycles. The summed E-state index contributed by atoms with van der Waals surface area (Å²) in [5.74, 6) is -0.728. The maximum Gasteiger partial charge on any atom is 0.243 e. The predicted molar refractivity (Wildman–Crippen MR) is 105 cm³/mol. The van der Waals surface area contributed by atoms with Gasteiger partial charge in [0.2, 0.25) is 11.8 Å². The van der Waals surface area contributed by atoms with Crippen molar-refractivity contribution >= 4 is 23.2 Å². The van der Waals surface area contributed by atoms with Crippen molar-refractivity contribution < 1.29 is 18.7 Å². The molecule has 3 rings (SSSR count). The number of carbonyl (C=O) groups is 2. The topological polar surface area (TPSA) is 71.0 Å². The molecule has 0 unspecified atom stereocenters. The quantitative estimate of drug-likeness (QED) is 0.794. The molecule has 1 heterocycles. The summed E-state index contributed by atoms with van der Waals surface area (Å²) in [7, 11) is 0. The van der Waals surface area contributed by atoms with Gasteiger partial charge in [-0.25, -0.2) is 9.40 Å². The van der Waals surface area contributed by atoms with Crippen LogP contribution in [0.4, 0.5) is 10.1 Å². The van der Waals surface area contributed by atoms with Gasteiger partial charge in [-0.15, -0.1) is 0 Å². The molecule has 7 heteroatoms. The number of hydrazone groups is 1. The molecular formula is C21H22FN3O3. The highest BCUT2D eigenvalue weighted by molar-refractivity contribution is 6.02. The number of benzene rings is 2. The van der Waals surface area contributed by atoms with Crippen LogP contribution < -0.4 is 10.1 Å². The highest BCUT2D eigenvalue weighted by Gasteiger charge is 2.22. The lowest BCUT2D eigenvalue weighted by Crippen LogP contribution is -2.25. The van der Waals surface area contributed by atoms with Crippen LogP contribution in [0.3, 0.4) is 0 Å². The monoisotopic (exact) mass is 383 g/mol. The van der Waals surface area contributed by atoms with Crippen molar-refractivity contribution in [2.75, 3.05) is 18.5 Å². The Hall–Kier alpha value is -3.22. The normalized spacial score (nSPS) is 13.2.